The first-order valence-corrected chi connectivity index (χ1v) is 8.21. The fourth-order valence-electron chi connectivity index (χ4n) is 2.95. The van der Waals surface area contributed by atoms with Crippen LogP contribution < -0.4 is 10.1 Å². The molecule has 1 aromatic rings. The summed E-state index contributed by atoms with van der Waals surface area (Å²) in [4.78, 5) is 34.3. The van der Waals surface area contributed by atoms with Gasteiger partial charge in [-0.15, -0.1) is 0 Å². The van der Waals surface area contributed by atoms with Gasteiger partial charge >= 0.3 is 11.7 Å². The summed E-state index contributed by atoms with van der Waals surface area (Å²) in [7, 11) is 1.30. The molecule has 136 valence electrons. The van der Waals surface area contributed by atoms with E-state index in [1.807, 2.05) is 0 Å². The summed E-state index contributed by atoms with van der Waals surface area (Å²) < 4.78 is 9.84. The van der Waals surface area contributed by atoms with Crippen molar-refractivity contribution in [3.05, 3.63) is 33.9 Å². The lowest BCUT2D eigenvalue weighted by Gasteiger charge is -2.29. The Labute approximate surface area is 145 Å². The van der Waals surface area contributed by atoms with Crippen LogP contribution >= 0.6 is 0 Å². The number of benzene rings is 1. The first-order chi connectivity index (χ1) is 11.9. The van der Waals surface area contributed by atoms with E-state index in [0.717, 1.165) is 25.3 Å². The van der Waals surface area contributed by atoms with Crippen molar-refractivity contribution in [3.63, 3.8) is 0 Å². The number of hydrogen-bond donors (Lipinski definition) is 1. The second kappa shape index (κ2) is 8.46. The van der Waals surface area contributed by atoms with E-state index in [9.17, 15) is 19.7 Å². The molecule has 0 bridgehead atoms. The summed E-state index contributed by atoms with van der Waals surface area (Å²) >= 11 is 0. The number of amides is 1. The molecule has 1 saturated carbocycles. The van der Waals surface area contributed by atoms with E-state index in [1.54, 1.807) is 0 Å². The van der Waals surface area contributed by atoms with Crippen LogP contribution in [0.25, 0.3) is 0 Å². The van der Waals surface area contributed by atoms with E-state index < -0.39 is 17.5 Å². The van der Waals surface area contributed by atoms with Crippen LogP contribution in [0.15, 0.2) is 18.2 Å². The normalized spacial score (nSPS) is 19.8. The SMILES string of the molecule is COc1ccc(C(=O)OCC(=O)N[C@H]2CCCC[C@H]2C)cc1[N+](=O)[O-]. The number of carbonyl (C=O) groups excluding carboxylic acids is 2. The van der Waals surface area contributed by atoms with E-state index in [2.05, 4.69) is 12.2 Å². The van der Waals surface area contributed by atoms with Crippen molar-refractivity contribution in [1.82, 2.24) is 5.32 Å². The number of nitrogens with one attached hydrogen (secondary N) is 1. The third kappa shape index (κ3) is 4.91. The third-order valence-corrected chi connectivity index (χ3v) is 4.40. The second-order valence-corrected chi connectivity index (χ2v) is 6.16. The molecule has 0 heterocycles. The fraction of sp³-hybridized carbons (Fsp3) is 0.529. The Morgan fingerprint density at radius 1 is 1.32 bits per heavy atom. The zero-order chi connectivity index (χ0) is 18.4. The zero-order valence-electron chi connectivity index (χ0n) is 14.3. The number of methoxy groups -OCH3 is 1. The summed E-state index contributed by atoms with van der Waals surface area (Å²) in [5.74, 6) is -0.712. The number of nitrogens with zero attached hydrogens (tertiary/aromatic N) is 1. The minimum atomic E-state index is -0.794. The van der Waals surface area contributed by atoms with Crippen molar-refractivity contribution in [1.29, 1.82) is 0 Å². The summed E-state index contributed by atoms with van der Waals surface area (Å²) in [5, 5.41) is 13.9. The first kappa shape index (κ1) is 18.7. The molecule has 1 aliphatic rings. The van der Waals surface area contributed by atoms with E-state index in [4.69, 9.17) is 9.47 Å². The molecule has 1 amide bonds. The smallest absolute Gasteiger partial charge is 0.338 e. The van der Waals surface area contributed by atoms with Crippen molar-refractivity contribution >= 4 is 17.6 Å². The van der Waals surface area contributed by atoms with Crippen LogP contribution in [0.3, 0.4) is 0 Å². The van der Waals surface area contributed by atoms with Gasteiger partial charge in [-0.2, -0.15) is 0 Å². The van der Waals surface area contributed by atoms with Crippen LogP contribution in [0.2, 0.25) is 0 Å². The Morgan fingerprint density at radius 3 is 2.68 bits per heavy atom. The van der Waals surface area contributed by atoms with Gasteiger partial charge < -0.3 is 14.8 Å². The lowest BCUT2D eigenvalue weighted by Crippen LogP contribution is -2.42. The maximum absolute atomic E-state index is 12.0. The minimum absolute atomic E-state index is 0.00802. The van der Waals surface area contributed by atoms with Gasteiger partial charge in [-0.05, 0) is 30.9 Å². The fourth-order valence-corrected chi connectivity index (χ4v) is 2.95. The Bertz CT molecular complexity index is 661. The van der Waals surface area contributed by atoms with Gasteiger partial charge in [0.25, 0.3) is 5.91 Å². The number of carbonyl (C=O) groups is 2. The topological polar surface area (TPSA) is 108 Å². The third-order valence-electron chi connectivity index (χ3n) is 4.40. The molecule has 0 aliphatic heterocycles. The monoisotopic (exact) mass is 350 g/mol. The van der Waals surface area contributed by atoms with Crippen molar-refractivity contribution in [2.24, 2.45) is 5.92 Å². The molecule has 1 fully saturated rings. The van der Waals surface area contributed by atoms with E-state index in [1.165, 1.54) is 25.7 Å². The van der Waals surface area contributed by atoms with Crippen LogP contribution in [0.1, 0.15) is 43.0 Å². The highest BCUT2D eigenvalue weighted by Crippen LogP contribution is 2.27. The van der Waals surface area contributed by atoms with Crippen LogP contribution in [0, 0.1) is 16.0 Å². The summed E-state index contributed by atoms with van der Waals surface area (Å²) in [6.07, 6.45) is 4.23. The average molecular weight is 350 g/mol. The predicted molar refractivity (Wildman–Crippen MR) is 89.5 cm³/mol. The predicted octanol–water partition coefficient (Wildman–Crippen LogP) is 2.46. The van der Waals surface area contributed by atoms with Gasteiger partial charge in [-0.25, -0.2) is 4.79 Å². The molecule has 8 heteroatoms. The lowest BCUT2D eigenvalue weighted by atomic mass is 9.86. The molecule has 8 nitrogen and oxygen atoms in total. The van der Waals surface area contributed by atoms with Gasteiger partial charge in [0.1, 0.15) is 0 Å². The molecule has 2 rings (SSSR count). The molecular formula is C17H22N2O6. The quantitative estimate of drug-likeness (QED) is 0.480. The van der Waals surface area contributed by atoms with E-state index in [0.29, 0.717) is 5.92 Å². The highest BCUT2D eigenvalue weighted by atomic mass is 16.6. The van der Waals surface area contributed by atoms with E-state index >= 15 is 0 Å². The van der Waals surface area contributed by atoms with Crippen LogP contribution in [-0.4, -0.2) is 36.6 Å². The summed E-state index contributed by atoms with van der Waals surface area (Å²) in [5.41, 5.74) is -0.344. The minimum Gasteiger partial charge on any atom is -0.490 e. The van der Waals surface area contributed by atoms with Crippen molar-refractivity contribution in [2.75, 3.05) is 13.7 Å². The Morgan fingerprint density at radius 2 is 2.04 bits per heavy atom. The molecule has 1 aromatic carbocycles. The maximum atomic E-state index is 12.0. The van der Waals surface area contributed by atoms with Crippen molar-refractivity contribution in [3.8, 4) is 5.75 Å². The maximum Gasteiger partial charge on any atom is 0.338 e. The molecule has 0 saturated heterocycles. The lowest BCUT2D eigenvalue weighted by molar-refractivity contribution is -0.385. The molecule has 0 aromatic heterocycles. The van der Waals surface area contributed by atoms with E-state index in [-0.39, 0.29) is 28.9 Å². The van der Waals surface area contributed by atoms with Crippen LogP contribution in [0.4, 0.5) is 5.69 Å². The zero-order valence-corrected chi connectivity index (χ0v) is 14.3. The number of hydrogen-bond acceptors (Lipinski definition) is 6. The number of rotatable bonds is 6. The Hall–Kier alpha value is -2.64. The van der Waals surface area contributed by atoms with Gasteiger partial charge in [0.05, 0.1) is 17.6 Å². The molecule has 1 N–H and O–H groups in total. The number of esters is 1. The molecular weight excluding hydrogens is 328 g/mol. The van der Waals surface area contributed by atoms with Gasteiger partial charge in [-0.3, -0.25) is 14.9 Å². The number of nitro benzene ring substituents is 1. The Kier molecular flexibility index (Phi) is 6.32. The van der Waals surface area contributed by atoms with Crippen LogP contribution in [0.5, 0.6) is 5.75 Å². The summed E-state index contributed by atoms with van der Waals surface area (Å²) in [6.45, 7) is 1.68. The largest absolute Gasteiger partial charge is 0.490 e. The standard InChI is InChI=1S/C17H22N2O6/c1-11-5-3-4-6-13(11)18-16(20)10-25-17(21)12-7-8-15(24-2)14(9-12)19(22)23/h7-9,11,13H,3-6,10H2,1-2H3,(H,18,20)/t11-,13+/m1/s1. The first-order valence-electron chi connectivity index (χ1n) is 8.21. The molecule has 0 spiro atoms. The van der Waals surface area contributed by atoms with Gasteiger partial charge in [0.15, 0.2) is 12.4 Å². The highest BCUT2D eigenvalue weighted by molar-refractivity contribution is 5.92. The molecule has 2 atom stereocenters. The highest BCUT2D eigenvalue weighted by Gasteiger charge is 2.24. The van der Waals surface area contributed by atoms with Gasteiger partial charge in [0, 0.05) is 12.1 Å². The van der Waals surface area contributed by atoms with Gasteiger partial charge in [0.2, 0.25) is 0 Å². The van der Waals surface area contributed by atoms with Crippen molar-refractivity contribution < 1.29 is 24.0 Å². The molecule has 0 radical (unpaired) electrons. The average Bonchev–Trinajstić information content (AvgIpc) is 2.61. The Balaban J connectivity index is 1.92. The summed E-state index contributed by atoms with van der Waals surface area (Å²) in [6, 6.07) is 3.85. The molecule has 1 aliphatic carbocycles. The number of ether oxygens (including phenoxy) is 2. The van der Waals surface area contributed by atoms with Crippen LogP contribution in [-0.2, 0) is 9.53 Å². The van der Waals surface area contributed by atoms with Crippen molar-refractivity contribution in [2.45, 2.75) is 38.6 Å². The molecule has 25 heavy (non-hydrogen) atoms. The number of nitro groups is 1. The second-order valence-electron chi connectivity index (χ2n) is 6.16. The van der Waals surface area contributed by atoms with Gasteiger partial charge in [-0.1, -0.05) is 19.8 Å². The molecule has 0 unspecified atom stereocenters.